The molecule has 0 unspecified atom stereocenters. The van der Waals surface area contributed by atoms with Crippen LogP contribution in [0.15, 0.2) is 48.9 Å². The van der Waals surface area contributed by atoms with Gasteiger partial charge in [0.2, 0.25) is 0 Å². The van der Waals surface area contributed by atoms with E-state index < -0.39 is 4.92 Å². The zero-order chi connectivity index (χ0) is 20.8. The maximum atomic E-state index is 11.7. The minimum absolute atomic E-state index is 0.169. The van der Waals surface area contributed by atoms with E-state index in [2.05, 4.69) is 25.4 Å². The zero-order valence-electron chi connectivity index (χ0n) is 15.5. The molecule has 0 saturated heterocycles. The van der Waals surface area contributed by atoms with E-state index in [-0.39, 0.29) is 11.2 Å². The second-order valence-corrected chi connectivity index (χ2v) is 7.07. The molecule has 0 bridgehead atoms. The van der Waals surface area contributed by atoms with Gasteiger partial charge in [-0.3, -0.25) is 20.2 Å². The Morgan fingerprint density at radius 1 is 1.10 bits per heavy atom. The van der Waals surface area contributed by atoms with Crippen molar-refractivity contribution < 1.29 is 4.92 Å². The summed E-state index contributed by atoms with van der Waals surface area (Å²) in [5, 5.41) is 27.9. The van der Waals surface area contributed by atoms with Crippen molar-refractivity contribution in [2.24, 2.45) is 0 Å². The molecule has 1 N–H and O–H groups in total. The van der Waals surface area contributed by atoms with Crippen LogP contribution in [0.3, 0.4) is 0 Å². The van der Waals surface area contributed by atoms with Gasteiger partial charge in [0.1, 0.15) is 5.69 Å². The highest BCUT2D eigenvalue weighted by Crippen LogP contribution is 2.37. The molecule has 0 spiro atoms. The lowest BCUT2D eigenvalue weighted by atomic mass is 10.0. The molecule has 3 heterocycles. The number of aromatic amines is 1. The van der Waals surface area contributed by atoms with E-state index in [0.717, 1.165) is 5.56 Å². The van der Waals surface area contributed by atoms with Crippen LogP contribution >= 0.6 is 11.6 Å². The van der Waals surface area contributed by atoms with E-state index in [1.807, 2.05) is 19.1 Å². The van der Waals surface area contributed by atoms with Gasteiger partial charge in [-0.25, -0.2) is 4.98 Å². The second-order valence-electron chi connectivity index (χ2n) is 6.67. The average molecular weight is 418 g/mol. The lowest BCUT2D eigenvalue weighted by molar-refractivity contribution is -0.383. The van der Waals surface area contributed by atoms with Crippen molar-refractivity contribution in [2.75, 3.05) is 0 Å². The Labute approximate surface area is 173 Å². The normalized spacial score (nSPS) is 11.3. The summed E-state index contributed by atoms with van der Waals surface area (Å²) in [7, 11) is 0. The first-order valence-electron chi connectivity index (χ1n) is 8.89. The molecule has 5 aromatic rings. The number of aromatic nitrogens is 6. The van der Waals surface area contributed by atoms with Gasteiger partial charge in [-0.2, -0.15) is 10.2 Å². The van der Waals surface area contributed by atoms with Gasteiger partial charge in [-0.1, -0.05) is 29.8 Å². The molecule has 0 saturated carbocycles. The summed E-state index contributed by atoms with van der Waals surface area (Å²) in [6.45, 7) is 1.90. The Hall–Kier alpha value is -3.98. The van der Waals surface area contributed by atoms with Gasteiger partial charge in [0.05, 0.1) is 45.8 Å². The number of nitrogens with zero attached hydrogens (tertiary/aromatic N) is 6. The number of nitro benzene ring substituents is 1. The number of rotatable bonds is 3. The summed E-state index contributed by atoms with van der Waals surface area (Å²) >= 11 is 6.47. The molecule has 30 heavy (non-hydrogen) atoms. The summed E-state index contributed by atoms with van der Waals surface area (Å²) in [5.41, 5.74) is 3.70. The minimum atomic E-state index is -0.486. The summed E-state index contributed by atoms with van der Waals surface area (Å²) < 4.78 is 0. The first-order valence-corrected chi connectivity index (χ1v) is 9.27. The fourth-order valence-electron chi connectivity index (χ4n) is 3.42. The highest BCUT2D eigenvalue weighted by molar-refractivity contribution is 6.33. The summed E-state index contributed by atoms with van der Waals surface area (Å²) in [5.74, 6) is 0. The number of fused-ring (bicyclic) bond motifs is 3. The summed E-state index contributed by atoms with van der Waals surface area (Å²) in [6.07, 6.45) is 4.75. The SMILES string of the molecule is Cc1cn[nH]c1-c1cnc2c(cc([N+](=O)[O-])c3nncc32)c(-c2ccccc2Cl)n1. The van der Waals surface area contributed by atoms with Crippen molar-refractivity contribution in [2.45, 2.75) is 6.92 Å². The lowest BCUT2D eigenvalue weighted by Gasteiger charge is -2.06. The molecule has 0 atom stereocenters. The fourth-order valence-corrected chi connectivity index (χ4v) is 3.64. The van der Waals surface area contributed by atoms with Crippen LogP contribution in [0.5, 0.6) is 0 Å². The van der Waals surface area contributed by atoms with Crippen molar-refractivity contribution in [3.05, 3.63) is 69.6 Å². The number of non-ortho nitro benzene ring substituents is 1. The van der Waals surface area contributed by atoms with Crippen LogP contribution in [0.2, 0.25) is 5.02 Å². The van der Waals surface area contributed by atoms with Gasteiger partial charge in [0.25, 0.3) is 5.69 Å². The van der Waals surface area contributed by atoms with Crippen molar-refractivity contribution in [3.8, 4) is 22.6 Å². The smallest absolute Gasteiger partial charge is 0.276 e. The van der Waals surface area contributed by atoms with E-state index in [9.17, 15) is 10.1 Å². The number of H-pyrrole nitrogens is 1. The third-order valence-corrected chi connectivity index (χ3v) is 5.18. The Morgan fingerprint density at radius 2 is 1.93 bits per heavy atom. The van der Waals surface area contributed by atoms with Crippen LogP contribution in [0, 0.1) is 17.0 Å². The molecule has 0 aliphatic carbocycles. The Kier molecular flexibility index (Phi) is 4.11. The topological polar surface area (TPSA) is 123 Å². The predicted octanol–water partition coefficient (Wildman–Crippen LogP) is 4.50. The number of nitro groups is 1. The lowest BCUT2D eigenvalue weighted by Crippen LogP contribution is -1.92. The molecular weight excluding hydrogens is 406 g/mol. The highest BCUT2D eigenvalue weighted by atomic mass is 35.5. The van der Waals surface area contributed by atoms with Crippen LogP contribution < -0.4 is 0 Å². The van der Waals surface area contributed by atoms with E-state index >= 15 is 0 Å². The molecular formula is C20H12ClN7O2. The highest BCUT2D eigenvalue weighted by Gasteiger charge is 2.22. The number of benzene rings is 2. The summed E-state index contributed by atoms with van der Waals surface area (Å²) in [6, 6.07) is 8.61. The Balaban J connectivity index is 1.99. The monoisotopic (exact) mass is 417 g/mol. The molecule has 0 aliphatic heterocycles. The standard InChI is InChI=1S/C20H12ClN7O2/c1-10-7-23-26-17(10)15-9-22-18-12(19(25-15)11-4-2-3-5-14(11)21)6-16(28(29)30)20-13(18)8-24-27-20/h2-9H,1H3,(H,23,26). The number of aryl methyl sites for hydroxylation is 1. The summed E-state index contributed by atoms with van der Waals surface area (Å²) in [4.78, 5) is 20.6. The first-order chi connectivity index (χ1) is 14.5. The largest absolute Gasteiger partial charge is 0.298 e. The van der Waals surface area contributed by atoms with Gasteiger partial charge in [-0.05, 0) is 18.6 Å². The van der Waals surface area contributed by atoms with Crippen LogP contribution in [0.1, 0.15) is 5.56 Å². The Morgan fingerprint density at radius 3 is 2.67 bits per heavy atom. The fraction of sp³-hybridized carbons (Fsp3) is 0.0500. The molecule has 0 amide bonds. The van der Waals surface area contributed by atoms with E-state index in [4.69, 9.17) is 16.6 Å². The van der Waals surface area contributed by atoms with Crippen LogP contribution in [-0.4, -0.2) is 35.3 Å². The molecule has 146 valence electrons. The number of hydrogen-bond acceptors (Lipinski definition) is 7. The molecule has 9 nitrogen and oxygen atoms in total. The van der Waals surface area contributed by atoms with Crippen LogP contribution in [0.4, 0.5) is 5.69 Å². The average Bonchev–Trinajstić information content (AvgIpc) is 3.34. The first kappa shape index (κ1) is 18.1. The van der Waals surface area contributed by atoms with Gasteiger partial charge >= 0.3 is 0 Å². The second kappa shape index (κ2) is 6.82. The van der Waals surface area contributed by atoms with Crippen molar-refractivity contribution in [1.29, 1.82) is 0 Å². The molecule has 10 heteroatoms. The van der Waals surface area contributed by atoms with Crippen molar-refractivity contribution >= 4 is 39.1 Å². The predicted molar refractivity (Wildman–Crippen MR) is 112 cm³/mol. The maximum absolute atomic E-state index is 11.7. The quantitative estimate of drug-likeness (QED) is 0.338. The molecule has 3 aromatic heterocycles. The maximum Gasteiger partial charge on any atom is 0.298 e. The van der Waals surface area contributed by atoms with Crippen LogP contribution in [-0.2, 0) is 0 Å². The molecule has 0 aliphatic rings. The van der Waals surface area contributed by atoms with E-state index in [0.29, 0.717) is 44.0 Å². The van der Waals surface area contributed by atoms with Gasteiger partial charge in [-0.15, -0.1) is 5.10 Å². The number of nitrogens with one attached hydrogen (secondary N) is 1. The molecule has 0 fully saturated rings. The molecule has 2 aromatic carbocycles. The Bertz CT molecular complexity index is 1460. The molecule has 5 rings (SSSR count). The van der Waals surface area contributed by atoms with E-state index in [1.165, 1.54) is 12.3 Å². The minimum Gasteiger partial charge on any atom is -0.276 e. The van der Waals surface area contributed by atoms with Crippen molar-refractivity contribution in [3.63, 3.8) is 0 Å². The van der Waals surface area contributed by atoms with Crippen LogP contribution in [0.25, 0.3) is 44.5 Å². The third-order valence-electron chi connectivity index (χ3n) is 4.85. The zero-order valence-corrected chi connectivity index (χ0v) is 16.3. The van der Waals surface area contributed by atoms with Gasteiger partial charge in [0, 0.05) is 22.0 Å². The van der Waals surface area contributed by atoms with Crippen molar-refractivity contribution in [1.82, 2.24) is 30.4 Å². The van der Waals surface area contributed by atoms with Gasteiger partial charge in [0.15, 0.2) is 5.52 Å². The van der Waals surface area contributed by atoms with E-state index in [1.54, 1.807) is 24.5 Å². The van der Waals surface area contributed by atoms with Gasteiger partial charge < -0.3 is 0 Å². The number of halogens is 1. The third kappa shape index (κ3) is 2.75. The molecule has 0 radical (unpaired) electrons. The number of hydrogen-bond donors (Lipinski definition) is 1.